The number of benzene rings is 2. The van der Waals surface area contributed by atoms with Crippen LogP contribution < -0.4 is 5.32 Å². The number of aromatic nitrogens is 2. The number of para-hydroxylation sites is 1. The van der Waals surface area contributed by atoms with Gasteiger partial charge in [-0.15, -0.1) is 0 Å². The molecule has 0 saturated carbocycles. The molecule has 0 bridgehead atoms. The topological polar surface area (TPSA) is 37.8 Å². The minimum Gasteiger partial charge on any atom is -0.369 e. The molecule has 0 spiro atoms. The minimum atomic E-state index is 0.263. The Hall–Kier alpha value is -1.65. The maximum Gasteiger partial charge on any atom is 0.224 e. The van der Waals surface area contributed by atoms with Crippen LogP contribution in [0.4, 0.5) is 5.82 Å². The molecule has 1 aromatic heterocycles. The van der Waals surface area contributed by atoms with Crippen LogP contribution in [0.15, 0.2) is 53.0 Å². The van der Waals surface area contributed by atoms with E-state index in [4.69, 9.17) is 11.6 Å². The summed E-state index contributed by atoms with van der Waals surface area (Å²) in [4.78, 5) is 8.51. The number of hydrogen-bond donors (Lipinski definition) is 1. The molecule has 0 aliphatic rings. The monoisotopic (exact) mass is 361 g/mol. The fourth-order valence-corrected chi connectivity index (χ4v) is 2.82. The van der Waals surface area contributed by atoms with Gasteiger partial charge in [0.05, 0.1) is 5.52 Å². The Morgan fingerprint density at radius 1 is 1.05 bits per heavy atom. The van der Waals surface area contributed by atoms with Crippen molar-refractivity contribution in [3.8, 4) is 0 Å². The first-order valence-electron chi connectivity index (χ1n) is 6.63. The molecule has 0 atom stereocenters. The van der Waals surface area contributed by atoms with Crippen LogP contribution in [0.1, 0.15) is 5.56 Å². The molecule has 2 aromatic carbocycles. The van der Waals surface area contributed by atoms with Crippen LogP contribution in [-0.4, -0.2) is 16.5 Å². The van der Waals surface area contributed by atoms with Crippen molar-refractivity contribution in [2.45, 2.75) is 6.42 Å². The van der Waals surface area contributed by atoms with Crippen LogP contribution in [-0.2, 0) is 6.42 Å². The summed E-state index contributed by atoms with van der Waals surface area (Å²) in [7, 11) is 0. The maximum atomic E-state index is 5.97. The fourth-order valence-electron chi connectivity index (χ4n) is 2.20. The van der Waals surface area contributed by atoms with Gasteiger partial charge >= 0.3 is 0 Å². The van der Waals surface area contributed by atoms with Crippen molar-refractivity contribution in [2.24, 2.45) is 0 Å². The Morgan fingerprint density at radius 2 is 1.90 bits per heavy atom. The molecule has 106 valence electrons. The van der Waals surface area contributed by atoms with Crippen LogP contribution in [0.2, 0.25) is 5.28 Å². The molecule has 1 heterocycles. The Labute approximate surface area is 136 Å². The lowest BCUT2D eigenvalue weighted by Crippen LogP contribution is -2.07. The van der Waals surface area contributed by atoms with E-state index in [2.05, 4.69) is 43.3 Å². The van der Waals surface area contributed by atoms with E-state index in [1.807, 2.05) is 36.4 Å². The van der Waals surface area contributed by atoms with Gasteiger partial charge in [-0.3, -0.25) is 0 Å². The summed E-state index contributed by atoms with van der Waals surface area (Å²) < 4.78 is 1.09. The van der Waals surface area contributed by atoms with Gasteiger partial charge in [0.1, 0.15) is 5.82 Å². The zero-order chi connectivity index (χ0) is 14.7. The van der Waals surface area contributed by atoms with E-state index in [-0.39, 0.29) is 5.28 Å². The number of halogens is 2. The number of fused-ring (bicyclic) bond motifs is 1. The Balaban J connectivity index is 1.76. The van der Waals surface area contributed by atoms with E-state index in [0.717, 1.165) is 34.2 Å². The molecular formula is C16H13BrClN3. The van der Waals surface area contributed by atoms with Gasteiger partial charge in [-0.2, -0.15) is 0 Å². The van der Waals surface area contributed by atoms with Gasteiger partial charge < -0.3 is 5.32 Å². The standard InChI is InChI=1S/C16H13BrClN3/c17-12-5-3-4-11(10-12)8-9-19-15-13-6-1-2-7-14(13)20-16(18)21-15/h1-7,10H,8-9H2,(H,19,20,21). The van der Waals surface area contributed by atoms with Crippen molar-refractivity contribution < 1.29 is 0 Å². The van der Waals surface area contributed by atoms with Gasteiger partial charge in [0, 0.05) is 16.4 Å². The maximum absolute atomic E-state index is 5.97. The van der Waals surface area contributed by atoms with Gasteiger partial charge in [-0.25, -0.2) is 9.97 Å². The lowest BCUT2D eigenvalue weighted by atomic mass is 10.1. The van der Waals surface area contributed by atoms with Crippen LogP contribution in [0.3, 0.4) is 0 Å². The quantitative estimate of drug-likeness (QED) is 0.684. The highest BCUT2D eigenvalue weighted by Crippen LogP contribution is 2.21. The Kier molecular flexibility index (Phi) is 4.36. The largest absolute Gasteiger partial charge is 0.369 e. The van der Waals surface area contributed by atoms with Crippen molar-refractivity contribution in [3.05, 3.63) is 63.9 Å². The van der Waals surface area contributed by atoms with Crippen LogP contribution in [0, 0.1) is 0 Å². The number of hydrogen-bond acceptors (Lipinski definition) is 3. The van der Waals surface area contributed by atoms with E-state index in [0.29, 0.717) is 0 Å². The van der Waals surface area contributed by atoms with Crippen LogP contribution >= 0.6 is 27.5 Å². The van der Waals surface area contributed by atoms with Gasteiger partial charge in [0.2, 0.25) is 5.28 Å². The van der Waals surface area contributed by atoms with Gasteiger partial charge in [0.25, 0.3) is 0 Å². The summed E-state index contributed by atoms with van der Waals surface area (Å²) in [5, 5.41) is 4.59. The summed E-state index contributed by atoms with van der Waals surface area (Å²) in [5.41, 5.74) is 2.11. The summed E-state index contributed by atoms with van der Waals surface area (Å²) >= 11 is 9.45. The van der Waals surface area contributed by atoms with E-state index in [1.165, 1.54) is 5.56 Å². The third-order valence-electron chi connectivity index (χ3n) is 3.17. The molecule has 21 heavy (non-hydrogen) atoms. The van der Waals surface area contributed by atoms with E-state index in [1.54, 1.807) is 0 Å². The average molecular weight is 363 g/mol. The molecule has 3 aromatic rings. The zero-order valence-corrected chi connectivity index (χ0v) is 13.5. The molecule has 0 fully saturated rings. The number of anilines is 1. The second-order valence-electron chi connectivity index (χ2n) is 4.67. The summed E-state index contributed by atoms with van der Waals surface area (Å²) in [6, 6.07) is 16.1. The average Bonchev–Trinajstić information content (AvgIpc) is 2.47. The zero-order valence-electron chi connectivity index (χ0n) is 11.2. The number of nitrogens with one attached hydrogen (secondary N) is 1. The van der Waals surface area contributed by atoms with Crippen molar-refractivity contribution in [1.82, 2.24) is 9.97 Å². The molecule has 1 N–H and O–H groups in total. The third-order valence-corrected chi connectivity index (χ3v) is 3.83. The molecule has 3 nitrogen and oxygen atoms in total. The smallest absolute Gasteiger partial charge is 0.224 e. The molecule has 0 aliphatic heterocycles. The predicted octanol–water partition coefficient (Wildman–Crippen LogP) is 4.70. The molecule has 0 saturated heterocycles. The van der Waals surface area contributed by atoms with E-state index in [9.17, 15) is 0 Å². The number of nitrogens with zero attached hydrogens (tertiary/aromatic N) is 2. The van der Waals surface area contributed by atoms with Crippen molar-refractivity contribution in [3.63, 3.8) is 0 Å². The molecular weight excluding hydrogens is 350 g/mol. The molecule has 3 rings (SSSR count). The highest BCUT2D eigenvalue weighted by Gasteiger charge is 2.05. The van der Waals surface area contributed by atoms with Gasteiger partial charge in [-0.05, 0) is 47.9 Å². The lowest BCUT2D eigenvalue weighted by Gasteiger charge is -2.09. The molecule has 0 radical (unpaired) electrons. The summed E-state index contributed by atoms with van der Waals surface area (Å²) in [6.07, 6.45) is 0.912. The van der Waals surface area contributed by atoms with Crippen LogP contribution in [0.25, 0.3) is 10.9 Å². The lowest BCUT2D eigenvalue weighted by molar-refractivity contribution is 1.00. The second-order valence-corrected chi connectivity index (χ2v) is 5.92. The summed E-state index contributed by atoms with van der Waals surface area (Å²) in [5.74, 6) is 0.778. The first kappa shape index (κ1) is 14.3. The Morgan fingerprint density at radius 3 is 2.76 bits per heavy atom. The van der Waals surface area contributed by atoms with Crippen molar-refractivity contribution in [1.29, 1.82) is 0 Å². The fraction of sp³-hybridized carbons (Fsp3) is 0.125. The van der Waals surface area contributed by atoms with Crippen molar-refractivity contribution >= 4 is 44.3 Å². The first-order chi connectivity index (χ1) is 10.2. The first-order valence-corrected chi connectivity index (χ1v) is 7.80. The molecule has 0 unspecified atom stereocenters. The van der Waals surface area contributed by atoms with Crippen molar-refractivity contribution in [2.75, 3.05) is 11.9 Å². The summed E-state index contributed by atoms with van der Waals surface area (Å²) in [6.45, 7) is 0.786. The van der Waals surface area contributed by atoms with E-state index >= 15 is 0 Å². The highest BCUT2D eigenvalue weighted by molar-refractivity contribution is 9.10. The van der Waals surface area contributed by atoms with Crippen LogP contribution in [0.5, 0.6) is 0 Å². The molecule has 0 aliphatic carbocycles. The molecule has 5 heteroatoms. The minimum absolute atomic E-state index is 0.263. The van der Waals surface area contributed by atoms with Gasteiger partial charge in [-0.1, -0.05) is 40.2 Å². The SMILES string of the molecule is Clc1nc(NCCc2cccc(Br)c2)c2ccccc2n1. The molecule has 0 amide bonds. The van der Waals surface area contributed by atoms with Gasteiger partial charge in [0.15, 0.2) is 0 Å². The highest BCUT2D eigenvalue weighted by atomic mass is 79.9. The third kappa shape index (κ3) is 3.52. The normalized spacial score (nSPS) is 10.8. The number of rotatable bonds is 4. The Bertz CT molecular complexity index is 776. The second kappa shape index (κ2) is 6.41. The predicted molar refractivity (Wildman–Crippen MR) is 90.9 cm³/mol. The van der Waals surface area contributed by atoms with E-state index < -0.39 is 0 Å².